The maximum Gasteiger partial charge on any atom is 0.374 e. The number of hydrogen-bond donors (Lipinski definition) is 3. The molecule has 2 aromatic carbocycles. The van der Waals surface area contributed by atoms with Crippen molar-refractivity contribution in [2.24, 2.45) is 12.0 Å². The number of benzene rings is 2. The highest BCUT2D eigenvalue weighted by Crippen LogP contribution is 2.37. The normalized spacial score (nSPS) is 14.0. The monoisotopic (exact) mass is 644 g/mol. The van der Waals surface area contributed by atoms with Gasteiger partial charge in [-0.05, 0) is 44.0 Å². The molecule has 246 valence electrons. The average Bonchev–Trinajstić information content (AvgIpc) is 3.63. The molecule has 0 spiro atoms. The molecule has 0 aliphatic carbocycles. The zero-order valence-electron chi connectivity index (χ0n) is 26.7. The zero-order chi connectivity index (χ0) is 33.7. The Morgan fingerprint density at radius 3 is 2.57 bits per heavy atom. The van der Waals surface area contributed by atoms with Crippen molar-refractivity contribution < 1.29 is 33.4 Å². The number of aliphatic imine (C=N–C) groups is 1. The first-order valence-corrected chi connectivity index (χ1v) is 15.1. The van der Waals surface area contributed by atoms with Crippen molar-refractivity contribution in [3.63, 3.8) is 0 Å². The first-order chi connectivity index (χ1) is 22.6. The first kappa shape index (κ1) is 32.7. The van der Waals surface area contributed by atoms with Gasteiger partial charge in [0.25, 0.3) is 11.8 Å². The number of nitrogens with zero attached hydrogens (tertiary/aromatic N) is 5. The van der Waals surface area contributed by atoms with Crippen molar-refractivity contribution in [2.75, 3.05) is 38.0 Å². The lowest BCUT2D eigenvalue weighted by atomic mass is 10.1. The van der Waals surface area contributed by atoms with E-state index in [1.165, 1.54) is 25.0 Å². The summed E-state index contributed by atoms with van der Waals surface area (Å²) in [6.07, 6.45) is 4.57. The SMILES string of the molecule is CC[C@H]1C=Nc2cc(OCCCC(=O)Nc3cn(C)c(C(=O)Nc4ccc5nc(C(=O)OC)[nH]c5c4)n3)c(OC)cc2C(=O)N1CC. The highest BCUT2D eigenvalue weighted by Gasteiger charge is 2.27. The van der Waals surface area contributed by atoms with E-state index in [2.05, 4.69) is 35.3 Å². The van der Waals surface area contributed by atoms with Crippen LogP contribution in [-0.4, -0.2) is 87.7 Å². The van der Waals surface area contributed by atoms with Crippen molar-refractivity contribution in [1.29, 1.82) is 0 Å². The van der Waals surface area contributed by atoms with Gasteiger partial charge in [0.15, 0.2) is 17.3 Å². The van der Waals surface area contributed by atoms with E-state index in [0.29, 0.717) is 52.4 Å². The van der Waals surface area contributed by atoms with Crippen LogP contribution in [0.2, 0.25) is 0 Å². The Morgan fingerprint density at radius 1 is 1.04 bits per heavy atom. The summed E-state index contributed by atoms with van der Waals surface area (Å²) in [7, 11) is 4.40. The Balaban J connectivity index is 1.15. The highest BCUT2D eigenvalue weighted by molar-refractivity contribution is 6.04. The second-order valence-corrected chi connectivity index (χ2v) is 10.7. The molecule has 0 saturated heterocycles. The summed E-state index contributed by atoms with van der Waals surface area (Å²) in [5, 5.41) is 5.47. The lowest BCUT2D eigenvalue weighted by Gasteiger charge is -2.26. The number of fused-ring (bicyclic) bond motifs is 2. The first-order valence-electron chi connectivity index (χ1n) is 15.1. The number of rotatable bonds is 12. The second kappa shape index (κ2) is 14.1. The molecular weight excluding hydrogens is 608 g/mol. The summed E-state index contributed by atoms with van der Waals surface area (Å²) in [5.74, 6) is -0.353. The molecule has 2 aromatic heterocycles. The molecule has 0 radical (unpaired) electrons. The number of hydrogen-bond acceptors (Lipinski definition) is 10. The van der Waals surface area contributed by atoms with Gasteiger partial charge in [-0.2, -0.15) is 0 Å². The number of esters is 1. The van der Waals surface area contributed by atoms with E-state index in [4.69, 9.17) is 9.47 Å². The van der Waals surface area contributed by atoms with Crippen LogP contribution in [0.4, 0.5) is 17.2 Å². The van der Waals surface area contributed by atoms with E-state index >= 15 is 0 Å². The molecule has 1 atom stereocenters. The van der Waals surface area contributed by atoms with Crippen molar-refractivity contribution in [1.82, 2.24) is 24.4 Å². The van der Waals surface area contributed by atoms with Crippen LogP contribution in [0.15, 0.2) is 41.5 Å². The maximum absolute atomic E-state index is 13.2. The van der Waals surface area contributed by atoms with Gasteiger partial charge in [-0.25, -0.2) is 14.8 Å². The standard InChI is InChI=1S/C32H36N8O7/c1-6-19-16-33-22-15-25(24(45-4)14-20(22)31(43)40(19)7-2)47-12-8-9-27(41)37-26-17-39(3)29(38-26)30(42)34-18-10-11-21-23(13-18)36-28(35-21)32(44)46-5/h10-11,13-17,19H,6-9,12H2,1-5H3,(H,34,42)(H,35,36)(H,37,41)/t19-/m0/s1. The molecule has 15 nitrogen and oxygen atoms in total. The summed E-state index contributed by atoms with van der Waals surface area (Å²) in [6.45, 7) is 4.71. The second-order valence-electron chi connectivity index (χ2n) is 10.7. The Labute approximate surface area is 270 Å². The number of anilines is 2. The van der Waals surface area contributed by atoms with Gasteiger partial charge in [0.1, 0.15) is 0 Å². The van der Waals surface area contributed by atoms with E-state index in [1.807, 2.05) is 13.8 Å². The Morgan fingerprint density at radius 2 is 1.85 bits per heavy atom. The van der Waals surface area contributed by atoms with Gasteiger partial charge in [-0.15, -0.1) is 0 Å². The van der Waals surface area contributed by atoms with Crippen LogP contribution in [0, 0.1) is 0 Å². The average molecular weight is 645 g/mol. The fraction of sp³-hybridized carbons (Fsp3) is 0.344. The van der Waals surface area contributed by atoms with Gasteiger partial charge in [0.2, 0.25) is 17.6 Å². The number of aromatic amines is 1. The van der Waals surface area contributed by atoms with Crippen LogP contribution in [0.1, 0.15) is 64.7 Å². The number of H-pyrrole nitrogens is 1. The Hall–Kier alpha value is -5.73. The number of carbonyl (C=O) groups is 4. The number of ether oxygens (including phenoxy) is 3. The van der Waals surface area contributed by atoms with Crippen molar-refractivity contribution >= 4 is 58.1 Å². The molecule has 1 aliphatic heterocycles. The van der Waals surface area contributed by atoms with E-state index in [9.17, 15) is 19.2 Å². The summed E-state index contributed by atoms with van der Waals surface area (Å²) < 4.78 is 17.6. The largest absolute Gasteiger partial charge is 0.493 e. The van der Waals surface area contributed by atoms with Crippen LogP contribution in [-0.2, 0) is 16.6 Å². The molecule has 0 fully saturated rings. The van der Waals surface area contributed by atoms with Crippen molar-refractivity contribution in [3.05, 3.63) is 53.7 Å². The number of carbonyl (C=O) groups excluding carboxylic acids is 4. The molecule has 0 saturated carbocycles. The van der Waals surface area contributed by atoms with Gasteiger partial charge in [-0.1, -0.05) is 6.92 Å². The minimum Gasteiger partial charge on any atom is -0.493 e. The quantitative estimate of drug-likeness (QED) is 0.151. The number of aromatic nitrogens is 4. The number of aryl methyl sites for hydroxylation is 1. The van der Waals surface area contributed by atoms with Crippen LogP contribution in [0.5, 0.6) is 11.5 Å². The molecule has 47 heavy (non-hydrogen) atoms. The summed E-state index contributed by atoms with van der Waals surface area (Å²) in [4.78, 5) is 68.1. The molecule has 3 heterocycles. The molecular formula is C32H36N8O7. The van der Waals surface area contributed by atoms with E-state index in [0.717, 1.165) is 6.42 Å². The van der Waals surface area contributed by atoms with Gasteiger partial charge >= 0.3 is 5.97 Å². The van der Waals surface area contributed by atoms with Gasteiger partial charge in [-0.3, -0.25) is 19.4 Å². The van der Waals surface area contributed by atoms with Crippen molar-refractivity contribution in [2.45, 2.75) is 39.2 Å². The molecule has 3 N–H and O–H groups in total. The molecule has 3 amide bonds. The predicted octanol–water partition coefficient (Wildman–Crippen LogP) is 4.10. The minimum atomic E-state index is -0.602. The fourth-order valence-electron chi connectivity index (χ4n) is 5.18. The highest BCUT2D eigenvalue weighted by atomic mass is 16.5. The lowest BCUT2D eigenvalue weighted by Crippen LogP contribution is -2.39. The smallest absolute Gasteiger partial charge is 0.374 e. The summed E-state index contributed by atoms with van der Waals surface area (Å²) >= 11 is 0. The van der Waals surface area contributed by atoms with Gasteiger partial charge in [0.05, 0.1) is 49.2 Å². The Kier molecular flexibility index (Phi) is 9.83. The number of methoxy groups -OCH3 is 2. The number of amides is 3. The topological polar surface area (TPSA) is 182 Å². The van der Waals surface area contributed by atoms with Crippen LogP contribution in [0.3, 0.4) is 0 Å². The zero-order valence-corrected chi connectivity index (χ0v) is 26.7. The van der Waals surface area contributed by atoms with Crippen LogP contribution >= 0.6 is 0 Å². The molecule has 5 rings (SSSR count). The van der Waals surface area contributed by atoms with E-state index in [-0.39, 0.29) is 48.4 Å². The summed E-state index contributed by atoms with van der Waals surface area (Å²) in [5.41, 5.74) is 2.47. The molecule has 4 aromatic rings. The lowest BCUT2D eigenvalue weighted by molar-refractivity contribution is -0.116. The third-order valence-corrected chi connectivity index (χ3v) is 7.59. The fourth-order valence-corrected chi connectivity index (χ4v) is 5.18. The molecule has 0 bridgehead atoms. The van der Waals surface area contributed by atoms with Gasteiger partial charge in [0, 0.05) is 44.2 Å². The molecule has 0 unspecified atom stereocenters. The van der Waals surface area contributed by atoms with Gasteiger partial charge < -0.3 is 39.3 Å². The number of imidazole rings is 2. The predicted molar refractivity (Wildman–Crippen MR) is 174 cm³/mol. The minimum absolute atomic E-state index is 0.0526. The third kappa shape index (κ3) is 7.08. The molecule has 1 aliphatic rings. The van der Waals surface area contributed by atoms with E-state index < -0.39 is 11.9 Å². The summed E-state index contributed by atoms with van der Waals surface area (Å²) in [6, 6.07) is 8.16. The van der Waals surface area contributed by atoms with Crippen LogP contribution in [0.25, 0.3) is 11.0 Å². The molecule has 15 heteroatoms. The van der Waals surface area contributed by atoms with E-state index in [1.54, 1.807) is 48.5 Å². The third-order valence-electron chi connectivity index (χ3n) is 7.59. The maximum atomic E-state index is 13.2. The van der Waals surface area contributed by atoms with Crippen molar-refractivity contribution in [3.8, 4) is 11.5 Å². The number of nitrogens with one attached hydrogen (secondary N) is 3. The van der Waals surface area contributed by atoms with Crippen LogP contribution < -0.4 is 20.1 Å². The Bertz CT molecular complexity index is 1860.